The first-order chi connectivity index (χ1) is 5.27. The Bertz CT molecular complexity index is 76.9. The Morgan fingerprint density at radius 3 is 1.92 bits per heavy atom. The molecule has 0 aromatic rings. The van der Waals surface area contributed by atoms with E-state index in [1.54, 1.807) is 0 Å². The summed E-state index contributed by atoms with van der Waals surface area (Å²) in [6, 6.07) is 0. The van der Waals surface area contributed by atoms with Crippen LogP contribution in [0.2, 0.25) is 0 Å². The van der Waals surface area contributed by atoms with Crippen molar-refractivity contribution in [3.05, 3.63) is 6.92 Å². The molecule has 0 rings (SSSR count). The van der Waals surface area contributed by atoms with E-state index in [4.69, 9.17) is 0 Å². The topological polar surface area (TPSA) is 0 Å². The number of hydrogen-bond donors (Lipinski definition) is 0. The van der Waals surface area contributed by atoms with E-state index in [-0.39, 0.29) is 57.8 Å². The van der Waals surface area contributed by atoms with Gasteiger partial charge < -0.3 is 6.92 Å². The standard InChI is InChI=1S/C9H17F2.K/c1-2-3-4-5-6-7-8-9(10)11;/h9H,1-8H2;/q-1;+1. The van der Waals surface area contributed by atoms with E-state index in [2.05, 4.69) is 6.92 Å². The predicted molar refractivity (Wildman–Crippen MR) is 43.7 cm³/mol. The van der Waals surface area contributed by atoms with Crippen LogP contribution in [0.5, 0.6) is 0 Å². The van der Waals surface area contributed by atoms with Crippen LogP contribution in [0.4, 0.5) is 8.78 Å². The van der Waals surface area contributed by atoms with Crippen LogP contribution in [0.3, 0.4) is 0 Å². The van der Waals surface area contributed by atoms with E-state index in [0.29, 0.717) is 6.42 Å². The Balaban J connectivity index is 0. The molecule has 0 aliphatic carbocycles. The van der Waals surface area contributed by atoms with Crippen molar-refractivity contribution in [2.24, 2.45) is 0 Å². The minimum absolute atomic E-state index is 0. The molecule has 0 fully saturated rings. The second-order valence-corrected chi connectivity index (χ2v) is 2.80. The van der Waals surface area contributed by atoms with Gasteiger partial charge in [-0.25, -0.2) is 8.78 Å². The molecule has 0 amide bonds. The van der Waals surface area contributed by atoms with Gasteiger partial charge in [-0.3, -0.25) is 0 Å². The van der Waals surface area contributed by atoms with Crippen LogP contribution in [0, 0.1) is 6.92 Å². The Hall–Kier alpha value is 1.50. The van der Waals surface area contributed by atoms with Crippen LogP contribution in [0.15, 0.2) is 0 Å². The predicted octanol–water partition coefficient (Wildman–Crippen LogP) is 0.820. The minimum atomic E-state index is -2.11. The minimum Gasteiger partial charge on any atom is -0.343 e. The fourth-order valence-electron chi connectivity index (χ4n) is 1.01. The summed E-state index contributed by atoms with van der Waals surface area (Å²) in [5.41, 5.74) is 0. The number of unbranched alkanes of at least 4 members (excludes halogenated alkanes) is 5. The molecule has 0 aromatic carbocycles. The molecule has 0 aromatic heterocycles. The van der Waals surface area contributed by atoms with Crippen molar-refractivity contribution in [3.8, 4) is 0 Å². The maximum Gasteiger partial charge on any atom is 1.00 e. The van der Waals surface area contributed by atoms with Gasteiger partial charge in [-0.2, -0.15) is 6.42 Å². The zero-order valence-corrected chi connectivity index (χ0v) is 11.1. The van der Waals surface area contributed by atoms with Crippen molar-refractivity contribution >= 4 is 0 Å². The Labute approximate surface area is 117 Å². The van der Waals surface area contributed by atoms with Crippen LogP contribution in [-0.2, 0) is 0 Å². The van der Waals surface area contributed by atoms with Gasteiger partial charge in [0.1, 0.15) is 0 Å². The summed E-state index contributed by atoms with van der Waals surface area (Å²) in [5.74, 6) is 0. The molecule has 0 saturated heterocycles. The molecule has 0 bridgehead atoms. The summed E-state index contributed by atoms with van der Waals surface area (Å²) >= 11 is 0. The van der Waals surface area contributed by atoms with E-state index in [1.165, 1.54) is 0 Å². The molecule has 0 radical (unpaired) electrons. The van der Waals surface area contributed by atoms with E-state index >= 15 is 0 Å². The summed E-state index contributed by atoms with van der Waals surface area (Å²) in [4.78, 5) is 0. The summed E-state index contributed by atoms with van der Waals surface area (Å²) in [6.07, 6.45) is 3.92. The molecule has 0 unspecified atom stereocenters. The number of alkyl halides is 2. The first-order valence-corrected chi connectivity index (χ1v) is 4.34. The molecule has 3 heteroatoms. The smallest absolute Gasteiger partial charge is 0.343 e. The van der Waals surface area contributed by atoms with Crippen LogP contribution in [-0.4, -0.2) is 6.43 Å². The van der Waals surface area contributed by atoms with Crippen LogP contribution in [0.1, 0.15) is 44.9 Å². The molecule has 0 heterocycles. The third-order valence-electron chi connectivity index (χ3n) is 1.67. The van der Waals surface area contributed by atoms with Crippen molar-refractivity contribution in [2.75, 3.05) is 0 Å². The average molecular weight is 202 g/mol. The Kier molecular flexibility index (Phi) is 16.6. The quantitative estimate of drug-likeness (QED) is 0.326. The van der Waals surface area contributed by atoms with Gasteiger partial charge >= 0.3 is 51.4 Å². The van der Waals surface area contributed by atoms with Gasteiger partial charge in [0.15, 0.2) is 0 Å². The Morgan fingerprint density at radius 1 is 0.917 bits per heavy atom. The summed E-state index contributed by atoms with van der Waals surface area (Å²) in [7, 11) is 0. The molecule has 12 heavy (non-hydrogen) atoms. The normalized spacial score (nSPS) is 10.0. The van der Waals surface area contributed by atoms with Gasteiger partial charge in [-0.05, 0) is 6.42 Å². The molecule has 0 nitrogen and oxygen atoms in total. The first-order valence-electron chi connectivity index (χ1n) is 4.34. The number of halogens is 2. The zero-order valence-electron chi connectivity index (χ0n) is 7.99. The van der Waals surface area contributed by atoms with Crippen molar-refractivity contribution in [3.63, 3.8) is 0 Å². The van der Waals surface area contributed by atoms with Crippen LogP contribution >= 0.6 is 0 Å². The van der Waals surface area contributed by atoms with Gasteiger partial charge in [-0.15, -0.1) is 0 Å². The zero-order chi connectivity index (χ0) is 8.53. The van der Waals surface area contributed by atoms with Crippen LogP contribution < -0.4 is 51.4 Å². The van der Waals surface area contributed by atoms with Gasteiger partial charge in [-0.1, -0.05) is 25.7 Å². The van der Waals surface area contributed by atoms with Crippen molar-refractivity contribution < 1.29 is 60.2 Å². The first kappa shape index (κ1) is 15.9. The SMILES string of the molecule is [CH2-]CCCCCCCC(F)F.[K+]. The third kappa shape index (κ3) is 14.0. The van der Waals surface area contributed by atoms with Gasteiger partial charge in [0.2, 0.25) is 6.43 Å². The van der Waals surface area contributed by atoms with Crippen LogP contribution in [0.25, 0.3) is 0 Å². The van der Waals surface area contributed by atoms with E-state index in [1.807, 2.05) is 0 Å². The average Bonchev–Trinajstić information content (AvgIpc) is 1.96. The maximum atomic E-state index is 11.6. The maximum absolute atomic E-state index is 11.6. The fourth-order valence-corrected chi connectivity index (χ4v) is 1.01. The number of hydrogen-bond acceptors (Lipinski definition) is 0. The summed E-state index contributed by atoms with van der Waals surface area (Å²) < 4.78 is 23.2. The van der Waals surface area contributed by atoms with Gasteiger partial charge in [0.05, 0.1) is 0 Å². The van der Waals surface area contributed by atoms with E-state index in [0.717, 1.165) is 32.1 Å². The third-order valence-corrected chi connectivity index (χ3v) is 1.67. The fraction of sp³-hybridized carbons (Fsp3) is 0.889. The summed E-state index contributed by atoms with van der Waals surface area (Å²) in [6.45, 7) is 3.71. The van der Waals surface area contributed by atoms with E-state index in [9.17, 15) is 8.78 Å². The van der Waals surface area contributed by atoms with E-state index < -0.39 is 6.43 Å². The molecular formula is C9H17F2K. The molecular weight excluding hydrogens is 185 g/mol. The Morgan fingerprint density at radius 2 is 1.42 bits per heavy atom. The monoisotopic (exact) mass is 202 g/mol. The van der Waals surface area contributed by atoms with Crippen molar-refractivity contribution in [1.82, 2.24) is 0 Å². The van der Waals surface area contributed by atoms with Crippen molar-refractivity contribution in [2.45, 2.75) is 51.4 Å². The largest absolute Gasteiger partial charge is 1.00 e. The van der Waals surface area contributed by atoms with Crippen molar-refractivity contribution in [1.29, 1.82) is 0 Å². The molecule has 0 aliphatic rings. The molecule has 0 atom stereocenters. The second kappa shape index (κ2) is 12.5. The molecule has 0 spiro atoms. The molecule has 0 saturated carbocycles. The molecule has 68 valence electrons. The second-order valence-electron chi connectivity index (χ2n) is 2.80. The summed E-state index contributed by atoms with van der Waals surface area (Å²) in [5, 5.41) is 0. The van der Waals surface area contributed by atoms with Gasteiger partial charge in [0.25, 0.3) is 0 Å². The van der Waals surface area contributed by atoms with Gasteiger partial charge in [0, 0.05) is 6.42 Å². The molecule has 0 N–H and O–H groups in total. The number of rotatable bonds is 7. The molecule has 0 aliphatic heterocycles.